The van der Waals surface area contributed by atoms with E-state index in [4.69, 9.17) is 16.3 Å². The second-order valence-electron chi connectivity index (χ2n) is 6.74. The van der Waals surface area contributed by atoms with Crippen molar-refractivity contribution in [3.05, 3.63) is 69.9 Å². The van der Waals surface area contributed by atoms with Crippen LogP contribution < -0.4 is 10.2 Å². The summed E-state index contributed by atoms with van der Waals surface area (Å²) in [7, 11) is 0. The molecule has 0 aliphatic carbocycles. The summed E-state index contributed by atoms with van der Waals surface area (Å²) in [6.45, 7) is 6.12. The van der Waals surface area contributed by atoms with Crippen LogP contribution in [-0.4, -0.2) is 24.4 Å². The molecular weight excluding hydrogens is 392 g/mol. The van der Waals surface area contributed by atoms with Crippen molar-refractivity contribution in [2.24, 2.45) is 0 Å². The molecule has 2 amide bonds. The first-order valence-corrected chi connectivity index (χ1v) is 9.61. The van der Waals surface area contributed by atoms with E-state index in [0.29, 0.717) is 18.7 Å². The number of amides is 2. The predicted octanol–water partition coefficient (Wildman–Crippen LogP) is 4.31. The molecule has 2 aromatic carbocycles. The van der Waals surface area contributed by atoms with E-state index in [2.05, 4.69) is 5.32 Å². The smallest absolute Gasteiger partial charge is 0.338 e. The average Bonchev–Trinajstić information content (AvgIpc) is 2.92. The minimum Gasteiger partial charge on any atom is -0.462 e. The van der Waals surface area contributed by atoms with Gasteiger partial charge in [-0.2, -0.15) is 0 Å². The fourth-order valence-electron chi connectivity index (χ4n) is 2.86. The van der Waals surface area contributed by atoms with Gasteiger partial charge in [-0.25, -0.2) is 9.69 Å². The Bertz CT molecular complexity index is 1030. The minimum absolute atomic E-state index is 0.00103. The molecule has 1 aliphatic heterocycles. The maximum atomic E-state index is 12.9. The Balaban J connectivity index is 1.86. The highest BCUT2D eigenvalue weighted by atomic mass is 35.5. The molecule has 0 aromatic heterocycles. The summed E-state index contributed by atoms with van der Waals surface area (Å²) in [5.41, 5.74) is 3.31. The number of rotatable bonds is 6. The van der Waals surface area contributed by atoms with Gasteiger partial charge in [0, 0.05) is 5.69 Å². The molecule has 0 fully saturated rings. The Labute approximate surface area is 174 Å². The average molecular weight is 413 g/mol. The van der Waals surface area contributed by atoms with Gasteiger partial charge in [-0.15, -0.1) is 0 Å². The van der Waals surface area contributed by atoms with Crippen LogP contribution in [0.1, 0.15) is 34.8 Å². The number of aryl methyl sites for hydroxylation is 2. The number of nitrogens with one attached hydrogen (secondary N) is 1. The molecule has 0 spiro atoms. The fraction of sp³-hybridized carbons (Fsp3) is 0.227. The van der Waals surface area contributed by atoms with E-state index in [-0.39, 0.29) is 22.0 Å². The van der Waals surface area contributed by atoms with E-state index in [9.17, 15) is 14.4 Å². The highest BCUT2D eigenvalue weighted by Gasteiger charge is 2.39. The third-order valence-electron chi connectivity index (χ3n) is 4.58. The van der Waals surface area contributed by atoms with Crippen molar-refractivity contribution in [2.75, 3.05) is 16.8 Å². The molecule has 1 heterocycles. The number of carbonyl (C=O) groups is 3. The normalized spacial score (nSPS) is 13.9. The number of carbonyl (C=O) groups excluding carboxylic acids is 3. The largest absolute Gasteiger partial charge is 0.462 e. The number of esters is 1. The summed E-state index contributed by atoms with van der Waals surface area (Å²) in [5.74, 6) is -1.75. The number of nitrogens with zero attached hydrogens (tertiary/aromatic N) is 1. The predicted molar refractivity (Wildman–Crippen MR) is 112 cm³/mol. The van der Waals surface area contributed by atoms with Gasteiger partial charge in [0.2, 0.25) is 0 Å². The second kappa shape index (κ2) is 8.49. The lowest BCUT2D eigenvalue weighted by Gasteiger charge is -2.16. The Morgan fingerprint density at radius 3 is 2.52 bits per heavy atom. The third-order valence-corrected chi connectivity index (χ3v) is 4.93. The van der Waals surface area contributed by atoms with E-state index < -0.39 is 17.8 Å². The summed E-state index contributed by atoms with van der Waals surface area (Å²) in [5, 5.41) is 2.75. The second-order valence-corrected chi connectivity index (χ2v) is 7.12. The van der Waals surface area contributed by atoms with Gasteiger partial charge in [0.05, 0.1) is 17.9 Å². The van der Waals surface area contributed by atoms with Gasteiger partial charge < -0.3 is 10.1 Å². The third kappa shape index (κ3) is 4.17. The number of halogens is 1. The van der Waals surface area contributed by atoms with E-state index in [0.717, 1.165) is 16.0 Å². The Hall–Kier alpha value is -3.12. The first kappa shape index (κ1) is 20.6. The van der Waals surface area contributed by atoms with Crippen LogP contribution in [-0.2, 0) is 14.3 Å². The summed E-state index contributed by atoms with van der Waals surface area (Å²) in [6, 6.07) is 11.8. The zero-order valence-corrected chi connectivity index (χ0v) is 17.2. The Morgan fingerprint density at radius 2 is 1.83 bits per heavy atom. The molecular formula is C22H21ClN2O4. The van der Waals surface area contributed by atoms with Gasteiger partial charge in [-0.05, 0) is 61.7 Å². The van der Waals surface area contributed by atoms with Crippen LogP contribution in [0.15, 0.2) is 53.2 Å². The number of ether oxygens (including phenoxy) is 1. The maximum Gasteiger partial charge on any atom is 0.338 e. The lowest BCUT2D eigenvalue weighted by Crippen LogP contribution is -2.32. The molecule has 1 aliphatic rings. The van der Waals surface area contributed by atoms with E-state index in [1.807, 2.05) is 39.0 Å². The van der Waals surface area contributed by atoms with Crippen molar-refractivity contribution in [3.63, 3.8) is 0 Å². The number of imide groups is 1. The van der Waals surface area contributed by atoms with Crippen molar-refractivity contribution in [3.8, 4) is 0 Å². The first-order chi connectivity index (χ1) is 13.8. The quantitative estimate of drug-likeness (QED) is 0.565. The summed E-state index contributed by atoms with van der Waals surface area (Å²) >= 11 is 6.17. The van der Waals surface area contributed by atoms with Crippen molar-refractivity contribution in [2.45, 2.75) is 27.2 Å². The molecule has 1 N–H and O–H groups in total. The highest BCUT2D eigenvalue weighted by Crippen LogP contribution is 2.31. The van der Waals surface area contributed by atoms with Gasteiger partial charge in [-0.3, -0.25) is 9.59 Å². The van der Waals surface area contributed by atoms with Crippen LogP contribution in [0.25, 0.3) is 0 Å². The van der Waals surface area contributed by atoms with Crippen LogP contribution in [0.4, 0.5) is 11.4 Å². The number of anilines is 2. The number of benzene rings is 2. The molecule has 0 unspecified atom stereocenters. The monoisotopic (exact) mass is 412 g/mol. The van der Waals surface area contributed by atoms with E-state index >= 15 is 0 Å². The first-order valence-electron chi connectivity index (χ1n) is 9.23. The standard InChI is InChI=1S/C22H21ClN2O4/c1-4-10-29-22(28)15-6-5-7-17(12-15)25-20(26)18(23)19(21(25)27)24-16-9-8-13(2)14(3)11-16/h5-9,11-12,24H,4,10H2,1-3H3. The van der Waals surface area contributed by atoms with Crippen molar-refractivity contribution < 1.29 is 19.1 Å². The van der Waals surface area contributed by atoms with Gasteiger partial charge >= 0.3 is 5.97 Å². The molecule has 150 valence electrons. The van der Waals surface area contributed by atoms with Crippen LogP contribution in [0, 0.1) is 13.8 Å². The molecule has 0 saturated heterocycles. The SMILES string of the molecule is CCCOC(=O)c1cccc(N2C(=O)C(Cl)=C(Nc3ccc(C)c(C)c3)C2=O)c1. The van der Waals surface area contributed by atoms with Crippen LogP contribution in [0.2, 0.25) is 0 Å². The lowest BCUT2D eigenvalue weighted by molar-refractivity contribution is -0.120. The van der Waals surface area contributed by atoms with Gasteiger partial charge in [0.25, 0.3) is 11.8 Å². The van der Waals surface area contributed by atoms with Crippen LogP contribution >= 0.6 is 11.6 Å². The molecule has 0 atom stereocenters. The topological polar surface area (TPSA) is 75.7 Å². The maximum absolute atomic E-state index is 12.9. The molecule has 0 bridgehead atoms. The van der Waals surface area contributed by atoms with Crippen LogP contribution in [0.5, 0.6) is 0 Å². The zero-order valence-electron chi connectivity index (χ0n) is 16.4. The number of hydrogen-bond acceptors (Lipinski definition) is 5. The highest BCUT2D eigenvalue weighted by molar-refractivity contribution is 6.53. The summed E-state index contributed by atoms with van der Waals surface area (Å²) in [4.78, 5) is 38.6. The Kier molecular flexibility index (Phi) is 6.03. The van der Waals surface area contributed by atoms with Gasteiger partial charge in [-0.1, -0.05) is 30.7 Å². The van der Waals surface area contributed by atoms with E-state index in [1.165, 1.54) is 6.07 Å². The van der Waals surface area contributed by atoms with Gasteiger partial charge in [0.1, 0.15) is 10.7 Å². The van der Waals surface area contributed by atoms with Crippen molar-refractivity contribution >= 4 is 40.8 Å². The van der Waals surface area contributed by atoms with Gasteiger partial charge in [0.15, 0.2) is 0 Å². The molecule has 0 saturated carbocycles. The van der Waals surface area contributed by atoms with Crippen molar-refractivity contribution in [1.29, 1.82) is 0 Å². The molecule has 29 heavy (non-hydrogen) atoms. The minimum atomic E-state index is -0.651. The van der Waals surface area contributed by atoms with Crippen molar-refractivity contribution in [1.82, 2.24) is 0 Å². The molecule has 2 aromatic rings. The zero-order chi connectivity index (χ0) is 21.1. The van der Waals surface area contributed by atoms with E-state index in [1.54, 1.807) is 18.2 Å². The fourth-order valence-corrected chi connectivity index (χ4v) is 3.07. The van der Waals surface area contributed by atoms with Crippen LogP contribution in [0.3, 0.4) is 0 Å². The number of hydrogen-bond donors (Lipinski definition) is 1. The molecule has 0 radical (unpaired) electrons. The summed E-state index contributed by atoms with van der Waals surface area (Å²) < 4.78 is 5.11. The molecule has 6 nitrogen and oxygen atoms in total. The molecule has 7 heteroatoms. The molecule has 3 rings (SSSR count). The Morgan fingerprint density at radius 1 is 1.07 bits per heavy atom. The lowest BCUT2D eigenvalue weighted by atomic mass is 10.1. The summed E-state index contributed by atoms with van der Waals surface area (Å²) in [6.07, 6.45) is 0.696.